The molecule has 0 saturated carbocycles. The van der Waals surface area contributed by atoms with E-state index in [1.54, 1.807) is 48.5 Å². The van der Waals surface area contributed by atoms with Crippen molar-refractivity contribution in [2.45, 2.75) is 6.42 Å². The van der Waals surface area contributed by atoms with Gasteiger partial charge in [-0.2, -0.15) is 5.10 Å². The Kier molecular flexibility index (Phi) is 5.49. The van der Waals surface area contributed by atoms with Gasteiger partial charge in [-0.25, -0.2) is 4.79 Å². The Balaban J connectivity index is 1.84. The van der Waals surface area contributed by atoms with Crippen molar-refractivity contribution in [2.24, 2.45) is 10.8 Å². The zero-order valence-electron chi connectivity index (χ0n) is 15.0. The second-order valence-corrected chi connectivity index (χ2v) is 6.09. The third-order valence-corrected chi connectivity index (χ3v) is 3.99. The maximum Gasteiger partial charge on any atom is 0.342 e. The number of amides is 4. The molecule has 0 aliphatic carbocycles. The minimum Gasteiger partial charge on any atom is -0.481 e. The topological polar surface area (TPSA) is 142 Å². The van der Waals surface area contributed by atoms with E-state index < -0.39 is 23.8 Å². The molecule has 9 heteroatoms. The van der Waals surface area contributed by atoms with E-state index >= 15 is 0 Å². The van der Waals surface area contributed by atoms with Gasteiger partial charge in [0.1, 0.15) is 0 Å². The third-order valence-electron chi connectivity index (χ3n) is 3.99. The number of nitrogens with zero attached hydrogens (tertiary/aromatic N) is 2. The molecule has 29 heavy (non-hydrogen) atoms. The van der Waals surface area contributed by atoms with E-state index in [-0.39, 0.29) is 12.1 Å². The van der Waals surface area contributed by atoms with Gasteiger partial charge in [-0.1, -0.05) is 42.5 Å². The molecule has 0 radical (unpaired) electrons. The molecule has 0 aromatic heterocycles. The molecule has 0 fully saturated rings. The smallest absolute Gasteiger partial charge is 0.342 e. The summed E-state index contributed by atoms with van der Waals surface area (Å²) in [5.74, 6) is -2.39. The molecule has 1 aliphatic rings. The van der Waals surface area contributed by atoms with E-state index in [1.807, 2.05) is 0 Å². The maximum atomic E-state index is 12.4. The predicted octanol–water partition coefficient (Wildman–Crippen LogP) is 1.59. The summed E-state index contributed by atoms with van der Waals surface area (Å²) in [5, 5.41) is 15.7. The molecule has 0 spiro atoms. The molecule has 1 aliphatic heterocycles. The fourth-order valence-corrected chi connectivity index (χ4v) is 2.73. The summed E-state index contributed by atoms with van der Waals surface area (Å²) < 4.78 is 0. The highest BCUT2D eigenvalue weighted by Gasteiger charge is 2.28. The van der Waals surface area contributed by atoms with Crippen LogP contribution in [0.3, 0.4) is 0 Å². The van der Waals surface area contributed by atoms with Crippen LogP contribution in [0.1, 0.15) is 16.7 Å². The van der Waals surface area contributed by atoms with Gasteiger partial charge in [0.05, 0.1) is 12.1 Å². The van der Waals surface area contributed by atoms with E-state index in [0.29, 0.717) is 27.4 Å². The SMILES string of the molecule is NC(=O)N(/N=C1\C(=O)Nc2ccccc21)C(=O)/C=C/c1cccc(CC(=O)O)c1. The molecule has 4 amide bonds. The van der Waals surface area contributed by atoms with Gasteiger partial charge in [0, 0.05) is 11.6 Å². The van der Waals surface area contributed by atoms with E-state index in [9.17, 15) is 19.2 Å². The standard InChI is InChI=1S/C20H16N4O5/c21-20(29)24(23-18-14-6-1-2-7-15(14)22-19(18)28)16(25)9-8-12-4-3-5-13(10-12)11-17(26)27/h1-10H,11H2,(H2,21,29)(H,26,27)(H,22,23,28)/b9-8+. The summed E-state index contributed by atoms with van der Waals surface area (Å²) in [6.45, 7) is 0. The predicted molar refractivity (Wildman–Crippen MR) is 105 cm³/mol. The number of carboxylic acids is 1. The molecule has 0 saturated heterocycles. The van der Waals surface area contributed by atoms with Crippen LogP contribution < -0.4 is 11.1 Å². The first-order valence-corrected chi connectivity index (χ1v) is 8.47. The number of benzene rings is 2. The second-order valence-electron chi connectivity index (χ2n) is 6.09. The number of hydrogen-bond donors (Lipinski definition) is 3. The third kappa shape index (κ3) is 4.53. The first kappa shape index (κ1) is 19.5. The molecule has 9 nitrogen and oxygen atoms in total. The number of nitrogens with two attached hydrogens (primary N) is 1. The van der Waals surface area contributed by atoms with Crippen molar-refractivity contribution in [3.05, 3.63) is 71.3 Å². The molecule has 0 unspecified atom stereocenters. The number of carboxylic acid groups (broad SMARTS) is 1. The molecule has 0 bridgehead atoms. The van der Waals surface area contributed by atoms with E-state index in [2.05, 4.69) is 10.4 Å². The number of primary amides is 1. The number of imide groups is 1. The molecular weight excluding hydrogens is 376 g/mol. The molecular formula is C20H16N4O5. The van der Waals surface area contributed by atoms with Crippen LogP contribution in [0.25, 0.3) is 6.08 Å². The first-order valence-electron chi connectivity index (χ1n) is 8.47. The Bertz CT molecular complexity index is 1070. The Hall–Kier alpha value is -4.27. The Morgan fingerprint density at radius 3 is 2.62 bits per heavy atom. The van der Waals surface area contributed by atoms with Crippen LogP contribution in [-0.4, -0.2) is 39.6 Å². The van der Waals surface area contributed by atoms with Crippen LogP contribution in [0.4, 0.5) is 10.5 Å². The Morgan fingerprint density at radius 1 is 1.14 bits per heavy atom. The Labute approximate surface area is 165 Å². The monoisotopic (exact) mass is 392 g/mol. The van der Waals surface area contributed by atoms with Crippen LogP contribution in [0.15, 0.2) is 59.7 Å². The lowest BCUT2D eigenvalue weighted by Crippen LogP contribution is -2.37. The highest BCUT2D eigenvalue weighted by molar-refractivity contribution is 6.53. The summed E-state index contributed by atoms with van der Waals surface area (Å²) in [6.07, 6.45) is 2.30. The second kappa shape index (κ2) is 8.17. The van der Waals surface area contributed by atoms with Gasteiger partial charge in [0.15, 0.2) is 5.71 Å². The lowest BCUT2D eigenvalue weighted by molar-refractivity contribution is -0.136. The normalized spacial score (nSPS) is 13.9. The maximum absolute atomic E-state index is 12.4. The lowest BCUT2D eigenvalue weighted by atomic mass is 10.1. The zero-order valence-corrected chi connectivity index (χ0v) is 15.0. The summed E-state index contributed by atoms with van der Waals surface area (Å²) in [6, 6.07) is 12.1. The minimum atomic E-state index is -1.15. The molecule has 1 heterocycles. The number of rotatable bonds is 5. The summed E-state index contributed by atoms with van der Waals surface area (Å²) in [7, 11) is 0. The quantitative estimate of drug-likeness (QED) is 0.523. The van der Waals surface area contributed by atoms with Crippen LogP contribution in [0, 0.1) is 0 Å². The van der Waals surface area contributed by atoms with Gasteiger partial charge in [-0.3, -0.25) is 14.4 Å². The van der Waals surface area contributed by atoms with Crippen LogP contribution in [0.5, 0.6) is 0 Å². The number of anilines is 1. The van der Waals surface area contributed by atoms with Gasteiger partial charge in [0.25, 0.3) is 11.8 Å². The van der Waals surface area contributed by atoms with Gasteiger partial charge in [-0.05, 0) is 23.3 Å². The number of carbonyl (C=O) groups excluding carboxylic acids is 3. The van der Waals surface area contributed by atoms with Gasteiger partial charge in [0.2, 0.25) is 0 Å². The number of hydrazone groups is 1. The van der Waals surface area contributed by atoms with E-state index in [4.69, 9.17) is 10.8 Å². The van der Waals surface area contributed by atoms with Crippen LogP contribution in [-0.2, 0) is 20.8 Å². The number of fused-ring (bicyclic) bond motifs is 1. The molecule has 2 aromatic carbocycles. The fourth-order valence-electron chi connectivity index (χ4n) is 2.73. The van der Waals surface area contributed by atoms with Crippen molar-refractivity contribution >= 4 is 41.3 Å². The number of carbonyl (C=O) groups is 4. The largest absolute Gasteiger partial charge is 0.481 e. The summed E-state index contributed by atoms with van der Waals surface area (Å²) in [5.41, 5.74) is 7.22. The summed E-state index contributed by atoms with van der Waals surface area (Å²) in [4.78, 5) is 47.1. The molecule has 4 N–H and O–H groups in total. The Morgan fingerprint density at radius 2 is 1.90 bits per heavy atom. The number of aliphatic carboxylic acids is 1. The molecule has 3 rings (SSSR count). The van der Waals surface area contributed by atoms with Gasteiger partial charge < -0.3 is 16.2 Å². The number of urea groups is 1. The van der Waals surface area contributed by atoms with E-state index in [0.717, 1.165) is 6.08 Å². The van der Waals surface area contributed by atoms with Crippen molar-refractivity contribution in [3.8, 4) is 0 Å². The van der Waals surface area contributed by atoms with Crippen molar-refractivity contribution in [3.63, 3.8) is 0 Å². The molecule has 2 aromatic rings. The first-order chi connectivity index (χ1) is 13.8. The molecule has 0 atom stereocenters. The average Bonchev–Trinajstić information content (AvgIpc) is 2.98. The van der Waals surface area contributed by atoms with Crippen molar-refractivity contribution in [2.75, 3.05) is 5.32 Å². The van der Waals surface area contributed by atoms with E-state index in [1.165, 1.54) is 6.08 Å². The number of para-hydroxylation sites is 1. The highest BCUT2D eigenvalue weighted by atomic mass is 16.4. The van der Waals surface area contributed by atoms with Crippen molar-refractivity contribution < 1.29 is 24.3 Å². The van der Waals surface area contributed by atoms with Crippen molar-refractivity contribution in [1.29, 1.82) is 0 Å². The zero-order chi connectivity index (χ0) is 21.0. The van der Waals surface area contributed by atoms with Gasteiger partial charge >= 0.3 is 12.0 Å². The lowest BCUT2D eigenvalue weighted by Gasteiger charge is -2.11. The van der Waals surface area contributed by atoms with Crippen LogP contribution >= 0.6 is 0 Å². The van der Waals surface area contributed by atoms with Crippen LogP contribution in [0.2, 0.25) is 0 Å². The number of hydrogen-bond acceptors (Lipinski definition) is 5. The average molecular weight is 392 g/mol. The van der Waals surface area contributed by atoms with Crippen molar-refractivity contribution in [1.82, 2.24) is 5.01 Å². The van der Waals surface area contributed by atoms with Gasteiger partial charge in [-0.15, -0.1) is 5.01 Å². The minimum absolute atomic E-state index is 0.107. The summed E-state index contributed by atoms with van der Waals surface area (Å²) >= 11 is 0. The molecule has 146 valence electrons. The highest BCUT2D eigenvalue weighted by Crippen LogP contribution is 2.23. The number of nitrogens with one attached hydrogen (secondary N) is 1. The fraction of sp³-hybridized carbons (Fsp3) is 0.0500.